The molecule has 0 radical (unpaired) electrons. The summed E-state index contributed by atoms with van der Waals surface area (Å²) in [4.78, 5) is 13.7. The lowest BCUT2D eigenvalue weighted by Gasteiger charge is -2.40. The first kappa shape index (κ1) is 15.7. The minimum atomic E-state index is -1.06. The van der Waals surface area contributed by atoms with Crippen LogP contribution in [0, 0.1) is 17.0 Å². The van der Waals surface area contributed by atoms with Crippen LogP contribution < -0.4 is 0 Å². The predicted octanol–water partition coefficient (Wildman–Crippen LogP) is 2.30. The Hall–Kier alpha value is -1.69. The van der Waals surface area contributed by atoms with Gasteiger partial charge in [-0.15, -0.1) is 0 Å². The molecule has 1 heterocycles. The van der Waals surface area contributed by atoms with Gasteiger partial charge < -0.3 is 15.1 Å². The van der Waals surface area contributed by atoms with E-state index in [0.29, 0.717) is 32.0 Å². The van der Waals surface area contributed by atoms with Crippen LogP contribution >= 0.6 is 0 Å². The predicted molar refractivity (Wildman–Crippen MR) is 73.0 cm³/mol. The highest BCUT2D eigenvalue weighted by atomic mass is 19.1. The van der Waals surface area contributed by atoms with Crippen LogP contribution in [-0.2, 0) is 0 Å². The fourth-order valence-electron chi connectivity index (χ4n) is 2.74. The van der Waals surface area contributed by atoms with Crippen molar-refractivity contribution in [2.45, 2.75) is 26.2 Å². The van der Waals surface area contributed by atoms with Crippen LogP contribution in [0.15, 0.2) is 12.1 Å². The molecule has 116 valence electrons. The SMILES string of the molecule is CCC1(CO)CCN(C(=O)c2c(O)cc(F)cc2F)CC1. The largest absolute Gasteiger partial charge is 0.507 e. The second kappa shape index (κ2) is 5.97. The van der Waals surface area contributed by atoms with Gasteiger partial charge in [-0.05, 0) is 24.7 Å². The van der Waals surface area contributed by atoms with E-state index in [1.807, 2.05) is 6.92 Å². The summed E-state index contributed by atoms with van der Waals surface area (Å²) in [6, 6.07) is 1.31. The van der Waals surface area contributed by atoms with Crippen LogP contribution in [0.2, 0.25) is 0 Å². The maximum Gasteiger partial charge on any atom is 0.260 e. The Bertz CT molecular complexity index is 511. The molecule has 1 aromatic carbocycles. The van der Waals surface area contributed by atoms with Gasteiger partial charge in [0.25, 0.3) is 5.91 Å². The van der Waals surface area contributed by atoms with Gasteiger partial charge in [0.15, 0.2) is 0 Å². The Morgan fingerprint density at radius 3 is 2.43 bits per heavy atom. The summed E-state index contributed by atoms with van der Waals surface area (Å²) in [6.45, 7) is 2.80. The molecule has 0 atom stereocenters. The molecule has 1 fully saturated rings. The van der Waals surface area contributed by atoms with E-state index in [4.69, 9.17) is 0 Å². The minimum Gasteiger partial charge on any atom is -0.507 e. The molecule has 6 heteroatoms. The molecular formula is C15H19F2NO3. The topological polar surface area (TPSA) is 60.8 Å². The Kier molecular flexibility index (Phi) is 4.46. The van der Waals surface area contributed by atoms with Gasteiger partial charge >= 0.3 is 0 Å². The normalized spacial score (nSPS) is 17.8. The van der Waals surface area contributed by atoms with Crippen molar-refractivity contribution >= 4 is 5.91 Å². The van der Waals surface area contributed by atoms with E-state index in [1.54, 1.807) is 0 Å². The second-order valence-corrected chi connectivity index (χ2v) is 5.59. The lowest BCUT2D eigenvalue weighted by atomic mass is 9.77. The number of rotatable bonds is 3. The van der Waals surface area contributed by atoms with Crippen molar-refractivity contribution in [3.05, 3.63) is 29.3 Å². The highest BCUT2D eigenvalue weighted by Gasteiger charge is 2.35. The van der Waals surface area contributed by atoms with Crippen LogP contribution in [0.5, 0.6) is 5.75 Å². The number of carbonyl (C=O) groups excluding carboxylic acids is 1. The van der Waals surface area contributed by atoms with Gasteiger partial charge in [-0.3, -0.25) is 4.79 Å². The second-order valence-electron chi connectivity index (χ2n) is 5.59. The summed E-state index contributed by atoms with van der Waals surface area (Å²) < 4.78 is 26.7. The van der Waals surface area contributed by atoms with Gasteiger partial charge in [-0.1, -0.05) is 6.92 Å². The number of piperidine rings is 1. The van der Waals surface area contributed by atoms with Crippen molar-refractivity contribution in [2.75, 3.05) is 19.7 Å². The first-order valence-electron chi connectivity index (χ1n) is 7.00. The summed E-state index contributed by atoms with van der Waals surface area (Å²) in [5, 5.41) is 19.1. The number of hydrogen-bond donors (Lipinski definition) is 2. The molecule has 2 N–H and O–H groups in total. The van der Waals surface area contributed by atoms with Crippen molar-refractivity contribution in [1.29, 1.82) is 0 Å². The van der Waals surface area contributed by atoms with Crippen LogP contribution in [0.3, 0.4) is 0 Å². The molecule has 1 aliphatic heterocycles. The van der Waals surface area contributed by atoms with Gasteiger partial charge in [-0.25, -0.2) is 8.78 Å². The maximum absolute atomic E-state index is 13.7. The van der Waals surface area contributed by atoms with Crippen LogP contribution in [0.4, 0.5) is 8.78 Å². The number of amides is 1. The van der Waals surface area contributed by atoms with Crippen molar-refractivity contribution in [3.8, 4) is 5.75 Å². The van der Waals surface area contributed by atoms with Crippen molar-refractivity contribution in [2.24, 2.45) is 5.41 Å². The Morgan fingerprint density at radius 1 is 1.33 bits per heavy atom. The number of aliphatic hydroxyl groups is 1. The van der Waals surface area contributed by atoms with E-state index in [-0.39, 0.29) is 12.0 Å². The zero-order chi connectivity index (χ0) is 15.6. The van der Waals surface area contributed by atoms with E-state index in [2.05, 4.69) is 0 Å². The molecule has 4 nitrogen and oxygen atoms in total. The molecular weight excluding hydrogens is 280 g/mol. The number of aliphatic hydroxyl groups excluding tert-OH is 1. The molecule has 1 amide bonds. The number of carbonyl (C=O) groups is 1. The third-order valence-electron chi connectivity index (χ3n) is 4.44. The van der Waals surface area contributed by atoms with E-state index in [0.717, 1.165) is 12.5 Å². The van der Waals surface area contributed by atoms with E-state index < -0.39 is 28.9 Å². The molecule has 0 bridgehead atoms. The van der Waals surface area contributed by atoms with Crippen LogP contribution in [0.1, 0.15) is 36.5 Å². The molecule has 0 saturated carbocycles. The molecule has 0 spiro atoms. The van der Waals surface area contributed by atoms with E-state index >= 15 is 0 Å². The van der Waals surface area contributed by atoms with Crippen LogP contribution in [-0.4, -0.2) is 40.7 Å². The number of benzene rings is 1. The Morgan fingerprint density at radius 2 is 1.95 bits per heavy atom. The number of hydrogen-bond acceptors (Lipinski definition) is 3. The number of phenolic OH excluding ortho intramolecular Hbond substituents is 1. The Balaban J connectivity index is 2.16. The van der Waals surface area contributed by atoms with E-state index in [1.165, 1.54) is 4.90 Å². The third kappa shape index (κ3) is 3.00. The maximum atomic E-state index is 13.7. The van der Waals surface area contributed by atoms with Crippen molar-refractivity contribution < 1.29 is 23.8 Å². The lowest BCUT2D eigenvalue weighted by molar-refractivity contribution is 0.0333. The highest BCUT2D eigenvalue weighted by molar-refractivity contribution is 5.97. The van der Waals surface area contributed by atoms with Gasteiger partial charge in [0.1, 0.15) is 22.9 Å². The smallest absolute Gasteiger partial charge is 0.260 e. The molecule has 2 rings (SSSR count). The monoisotopic (exact) mass is 299 g/mol. The fourth-order valence-corrected chi connectivity index (χ4v) is 2.74. The van der Waals surface area contributed by atoms with Crippen LogP contribution in [0.25, 0.3) is 0 Å². The molecule has 0 aliphatic carbocycles. The van der Waals surface area contributed by atoms with Gasteiger partial charge in [-0.2, -0.15) is 0 Å². The number of nitrogens with zero attached hydrogens (tertiary/aromatic N) is 1. The molecule has 0 unspecified atom stereocenters. The molecule has 1 aromatic rings. The Labute approximate surface area is 122 Å². The van der Waals surface area contributed by atoms with E-state index in [9.17, 15) is 23.8 Å². The number of likely N-dealkylation sites (tertiary alicyclic amines) is 1. The summed E-state index contributed by atoms with van der Waals surface area (Å²) in [6.07, 6.45) is 2.05. The average Bonchev–Trinajstić information content (AvgIpc) is 2.46. The van der Waals surface area contributed by atoms with Gasteiger partial charge in [0.05, 0.1) is 0 Å². The van der Waals surface area contributed by atoms with Gasteiger partial charge in [0.2, 0.25) is 0 Å². The average molecular weight is 299 g/mol. The molecule has 1 aliphatic rings. The zero-order valence-corrected chi connectivity index (χ0v) is 11.9. The first-order valence-corrected chi connectivity index (χ1v) is 7.00. The minimum absolute atomic E-state index is 0.0572. The summed E-state index contributed by atoms with van der Waals surface area (Å²) in [5.74, 6) is -3.32. The zero-order valence-electron chi connectivity index (χ0n) is 11.9. The third-order valence-corrected chi connectivity index (χ3v) is 4.44. The number of phenols is 1. The summed E-state index contributed by atoms with van der Waals surface area (Å²) in [7, 11) is 0. The summed E-state index contributed by atoms with van der Waals surface area (Å²) in [5.41, 5.74) is -0.690. The quantitative estimate of drug-likeness (QED) is 0.900. The van der Waals surface area contributed by atoms with Crippen molar-refractivity contribution in [3.63, 3.8) is 0 Å². The highest BCUT2D eigenvalue weighted by Crippen LogP contribution is 2.35. The number of aromatic hydroxyl groups is 1. The molecule has 21 heavy (non-hydrogen) atoms. The lowest BCUT2D eigenvalue weighted by Crippen LogP contribution is -2.44. The number of halogens is 2. The standard InChI is InChI=1S/C15H19F2NO3/c1-2-15(9-19)3-5-18(6-4-15)14(21)13-11(17)7-10(16)8-12(13)20/h7-8,19-20H,2-6,9H2,1H3. The summed E-state index contributed by atoms with van der Waals surface area (Å²) >= 11 is 0. The first-order chi connectivity index (χ1) is 9.92. The fraction of sp³-hybridized carbons (Fsp3) is 0.533. The van der Waals surface area contributed by atoms with Gasteiger partial charge in [0, 0.05) is 31.8 Å². The molecule has 1 saturated heterocycles. The molecule has 0 aromatic heterocycles. The van der Waals surface area contributed by atoms with Crippen molar-refractivity contribution in [1.82, 2.24) is 4.90 Å².